The molecule has 0 saturated heterocycles. The van der Waals surface area contributed by atoms with E-state index in [1.165, 1.54) is 11.8 Å². The number of hydrogen-bond donors (Lipinski definition) is 3. The number of thioether (sulfide) groups is 1. The maximum absolute atomic E-state index is 12.4. The Morgan fingerprint density at radius 1 is 1.14 bits per heavy atom. The van der Waals surface area contributed by atoms with Crippen molar-refractivity contribution in [3.05, 3.63) is 24.3 Å². The van der Waals surface area contributed by atoms with E-state index in [9.17, 15) is 4.79 Å². The van der Waals surface area contributed by atoms with Gasteiger partial charge in [0, 0.05) is 13.1 Å². The smallest absolute Gasteiger partial charge is 0.261 e. The first-order chi connectivity index (χ1) is 13.7. The monoisotopic (exact) mass is 402 g/mol. The van der Waals surface area contributed by atoms with Gasteiger partial charge in [-0.25, -0.2) is 4.40 Å². The van der Waals surface area contributed by atoms with Crippen molar-refractivity contribution in [1.82, 2.24) is 24.6 Å². The zero-order valence-corrected chi connectivity index (χ0v) is 16.7. The van der Waals surface area contributed by atoms with Gasteiger partial charge in [-0.2, -0.15) is 9.97 Å². The first kappa shape index (κ1) is 19.7. The van der Waals surface area contributed by atoms with Gasteiger partial charge in [0.05, 0.1) is 18.6 Å². The third-order valence-electron chi connectivity index (χ3n) is 3.63. The standard InChI is InChI=1S/C17H22N8O2S/c1-4-18-14-21-15(19-5-2)25-16(22-14)23-24-17(25)28-10-13(26)20-11-8-6-7-9-12(11)27-3/h6-9H,4-5,10H2,1-3H3,(H,20,26)(H2,18,19,21,22,23). The van der Waals surface area contributed by atoms with Crippen molar-refractivity contribution in [3.63, 3.8) is 0 Å². The minimum absolute atomic E-state index is 0.152. The number of carbonyl (C=O) groups excluding carboxylic acids is 1. The molecule has 2 heterocycles. The van der Waals surface area contributed by atoms with Gasteiger partial charge in [0.2, 0.25) is 17.8 Å². The van der Waals surface area contributed by atoms with Gasteiger partial charge in [0.1, 0.15) is 5.75 Å². The molecule has 11 heteroatoms. The predicted octanol–water partition coefficient (Wildman–Crippen LogP) is 2.12. The van der Waals surface area contributed by atoms with Crippen molar-refractivity contribution in [2.24, 2.45) is 0 Å². The van der Waals surface area contributed by atoms with Gasteiger partial charge in [-0.05, 0) is 26.0 Å². The molecule has 3 rings (SSSR count). The van der Waals surface area contributed by atoms with Gasteiger partial charge in [-0.1, -0.05) is 23.9 Å². The van der Waals surface area contributed by atoms with Crippen LogP contribution < -0.4 is 20.7 Å². The molecule has 2 aromatic heterocycles. The topological polar surface area (TPSA) is 118 Å². The van der Waals surface area contributed by atoms with E-state index in [0.717, 1.165) is 0 Å². The second-order valence-corrected chi connectivity index (χ2v) is 6.53. The number of benzene rings is 1. The van der Waals surface area contributed by atoms with E-state index >= 15 is 0 Å². The van der Waals surface area contributed by atoms with E-state index in [-0.39, 0.29) is 11.7 Å². The normalized spacial score (nSPS) is 10.7. The Bertz CT molecular complexity index is 961. The molecule has 0 aliphatic heterocycles. The van der Waals surface area contributed by atoms with Gasteiger partial charge in [0.15, 0.2) is 5.16 Å². The summed E-state index contributed by atoms with van der Waals surface area (Å²) >= 11 is 1.25. The summed E-state index contributed by atoms with van der Waals surface area (Å²) in [5.74, 6) is 2.03. The highest BCUT2D eigenvalue weighted by Gasteiger charge is 2.16. The van der Waals surface area contributed by atoms with Crippen molar-refractivity contribution in [3.8, 4) is 5.75 Å². The minimum atomic E-state index is -0.179. The van der Waals surface area contributed by atoms with Crippen LogP contribution in [0.2, 0.25) is 0 Å². The number of methoxy groups -OCH3 is 1. The van der Waals surface area contributed by atoms with Gasteiger partial charge >= 0.3 is 0 Å². The summed E-state index contributed by atoms with van der Waals surface area (Å²) in [6.07, 6.45) is 0. The fourth-order valence-electron chi connectivity index (χ4n) is 2.46. The van der Waals surface area contributed by atoms with Crippen LogP contribution >= 0.6 is 11.8 Å². The number of carbonyl (C=O) groups is 1. The quantitative estimate of drug-likeness (QED) is 0.462. The highest BCUT2D eigenvalue weighted by molar-refractivity contribution is 7.99. The fourth-order valence-corrected chi connectivity index (χ4v) is 3.19. The number of anilines is 3. The first-order valence-corrected chi connectivity index (χ1v) is 9.81. The number of ether oxygens (including phenoxy) is 1. The molecule has 3 N–H and O–H groups in total. The van der Waals surface area contributed by atoms with Crippen LogP contribution in [0.25, 0.3) is 5.78 Å². The Hall–Kier alpha value is -3.08. The number of nitrogens with zero attached hydrogens (tertiary/aromatic N) is 5. The molecule has 10 nitrogen and oxygen atoms in total. The van der Waals surface area contributed by atoms with E-state index in [2.05, 4.69) is 36.1 Å². The summed E-state index contributed by atoms with van der Waals surface area (Å²) < 4.78 is 6.95. The summed E-state index contributed by atoms with van der Waals surface area (Å²) in [6.45, 7) is 5.31. The fraction of sp³-hybridized carbons (Fsp3) is 0.353. The highest BCUT2D eigenvalue weighted by Crippen LogP contribution is 2.24. The third-order valence-corrected chi connectivity index (χ3v) is 4.56. The van der Waals surface area contributed by atoms with E-state index in [4.69, 9.17) is 4.74 Å². The second kappa shape index (κ2) is 9.22. The Kier molecular flexibility index (Phi) is 6.48. The molecule has 0 fully saturated rings. The van der Waals surface area contributed by atoms with Crippen LogP contribution in [-0.2, 0) is 4.79 Å². The average Bonchev–Trinajstić information content (AvgIpc) is 3.10. The molecule has 3 aromatic rings. The van der Waals surface area contributed by atoms with Crippen LogP contribution in [-0.4, -0.2) is 56.4 Å². The molecular weight excluding hydrogens is 380 g/mol. The molecular formula is C17H22N8O2S. The van der Waals surface area contributed by atoms with Crippen molar-refractivity contribution in [1.29, 1.82) is 0 Å². The zero-order valence-electron chi connectivity index (χ0n) is 15.9. The molecule has 0 aliphatic rings. The summed E-state index contributed by atoms with van der Waals surface area (Å²) in [5, 5.41) is 17.9. The molecule has 0 unspecified atom stereocenters. The Balaban J connectivity index is 1.76. The Morgan fingerprint density at radius 3 is 2.68 bits per heavy atom. The maximum Gasteiger partial charge on any atom is 0.261 e. The lowest BCUT2D eigenvalue weighted by molar-refractivity contribution is -0.113. The van der Waals surface area contributed by atoms with Crippen LogP contribution in [0.1, 0.15) is 13.8 Å². The second-order valence-electron chi connectivity index (χ2n) is 5.59. The van der Waals surface area contributed by atoms with Crippen LogP contribution in [0.4, 0.5) is 17.6 Å². The third kappa shape index (κ3) is 4.42. The molecule has 0 atom stereocenters. The highest BCUT2D eigenvalue weighted by atomic mass is 32.2. The molecule has 0 spiro atoms. The molecule has 0 radical (unpaired) electrons. The molecule has 0 saturated carbocycles. The molecule has 0 bridgehead atoms. The number of rotatable bonds is 9. The number of para-hydroxylation sites is 2. The molecule has 1 amide bonds. The minimum Gasteiger partial charge on any atom is -0.495 e. The number of aromatic nitrogens is 5. The van der Waals surface area contributed by atoms with E-state index < -0.39 is 0 Å². The molecule has 28 heavy (non-hydrogen) atoms. The van der Waals surface area contributed by atoms with Crippen molar-refractivity contribution >= 4 is 41.0 Å². The summed E-state index contributed by atoms with van der Waals surface area (Å²) in [4.78, 5) is 21.2. The summed E-state index contributed by atoms with van der Waals surface area (Å²) in [5.41, 5.74) is 0.619. The molecule has 148 valence electrons. The van der Waals surface area contributed by atoms with Gasteiger partial charge < -0.3 is 20.7 Å². The number of hydrogen-bond acceptors (Lipinski definition) is 9. The lowest BCUT2D eigenvalue weighted by atomic mass is 10.3. The van der Waals surface area contributed by atoms with Gasteiger partial charge in [0.25, 0.3) is 5.78 Å². The summed E-state index contributed by atoms with van der Waals surface area (Å²) in [7, 11) is 1.56. The van der Waals surface area contributed by atoms with E-state index in [1.807, 2.05) is 26.0 Å². The van der Waals surface area contributed by atoms with Crippen molar-refractivity contribution in [2.45, 2.75) is 19.0 Å². The predicted molar refractivity (Wildman–Crippen MR) is 109 cm³/mol. The van der Waals surface area contributed by atoms with E-state index in [1.54, 1.807) is 23.6 Å². The van der Waals surface area contributed by atoms with Crippen LogP contribution in [0, 0.1) is 0 Å². The number of fused-ring (bicyclic) bond motifs is 1. The van der Waals surface area contributed by atoms with Crippen molar-refractivity contribution < 1.29 is 9.53 Å². The van der Waals surface area contributed by atoms with Crippen LogP contribution in [0.15, 0.2) is 29.4 Å². The Morgan fingerprint density at radius 2 is 1.93 bits per heavy atom. The van der Waals surface area contributed by atoms with Gasteiger partial charge in [-0.15, -0.1) is 10.2 Å². The largest absolute Gasteiger partial charge is 0.495 e. The van der Waals surface area contributed by atoms with Crippen molar-refractivity contribution in [2.75, 3.05) is 41.9 Å². The lowest BCUT2D eigenvalue weighted by Gasteiger charge is -2.10. The number of nitrogens with one attached hydrogen (secondary N) is 3. The van der Waals surface area contributed by atoms with Gasteiger partial charge in [-0.3, -0.25) is 4.79 Å². The maximum atomic E-state index is 12.4. The number of amides is 1. The average molecular weight is 402 g/mol. The Labute approximate surface area is 166 Å². The zero-order chi connectivity index (χ0) is 19.9. The van der Waals surface area contributed by atoms with E-state index in [0.29, 0.717) is 47.4 Å². The SMILES string of the molecule is CCNc1nc(NCC)n2c(SCC(=O)Nc3ccccc3OC)nnc2n1. The van der Waals surface area contributed by atoms with Crippen LogP contribution in [0.3, 0.4) is 0 Å². The van der Waals surface area contributed by atoms with Crippen LogP contribution in [0.5, 0.6) is 5.75 Å². The molecule has 0 aliphatic carbocycles. The lowest BCUT2D eigenvalue weighted by Crippen LogP contribution is -2.15. The summed E-state index contributed by atoms with van der Waals surface area (Å²) in [6, 6.07) is 7.25. The molecule has 1 aromatic carbocycles. The first-order valence-electron chi connectivity index (χ1n) is 8.82.